The molecule has 0 bridgehead atoms. The lowest BCUT2D eigenvalue weighted by Crippen LogP contribution is -2.44. The SMILES string of the molecule is CCc1nc(-c2c3n(c(=O)n(Cc4ccc(F)c(F)c4)c2=O)CCCC3)no1. The van der Waals surface area contributed by atoms with Crippen molar-refractivity contribution in [2.75, 3.05) is 0 Å². The summed E-state index contributed by atoms with van der Waals surface area (Å²) >= 11 is 0. The molecule has 1 aliphatic heterocycles. The number of hydrogen-bond donors (Lipinski definition) is 0. The summed E-state index contributed by atoms with van der Waals surface area (Å²) in [5.74, 6) is -1.48. The van der Waals surface area contributed by atoms with E-state index in [1.807, 2.05) is 6.92 Å². The monoisotopic (exact) mass is 388 g/mol. The lowest BCUT2D eigenvalue weighted by molar-refractivity contribution is 0.382. The number of aromatic nitrogens is 4. The van der Waals surface area contributed by atoms with Gasteiger partial charge in [0, 0.05) is 18.7 Å². The third kappa shape index (κ3) is 3.06. The van der Waals surface area contributed by atoms with E-state index in [0.717, 1.165) is 29.5 Å². The summed E-state index contributed by atoms with van der Waals surface area (Å²) in [7, 11) is 0. The summed E-state index contributed by atoms with van der Waals surface area (Å²) in [6.45, 7) is 2.14. The summed E-state index contributed by atoms with van der Waals surface area (Å²) < 4.78 is 34.5. The Kier molecular flexibility index (Phi) is 4.66. The van der Waals surface area contributed by atoms with E-state index in [1.165, 1.54) is 6.07 Å². The van der Waals surface area contributed by atoms with Crippen LogP contribution in [-0.2, 0) is 25.9 Å². The second-order valence-electron chi connectivity index (χ2n) is 6.72. The zero-order chi connectivity index (χ0) is 19.8. The van der Waals surface area contributed by atoms with Crippen LogP contribution >= 0.6 is 0 Å². The van der Waals surface area contributed by atoms with Gasteiger partial charge in [0.2, 0.25) is 11.7 Å². The van der Waals surface area contributed by atoms with Crippen LogP contribution in [0.25, 0.3) is 11.4 Å². The highest BCUT2D eigenvalue weighted by Crippen LogP contribution is 2.22. The van der Waals surface area contributed by atoms with Gasteiger partial charge >= 0.3 is 5.69 Å². The highest BCUT2D eigenvalue weighted by Gasteiger charge is 2.25. The predicted molar refractivity (Wildman–Crippen MR) is 96.0 cm³/mol. The predicted octanol–water partition coefficient (Wildman–Crippen LogP) is 2.29. The molecule has 0 aliphatic carbocycles. The first kappa shape index (κ1) is 18.3. The Bertz CT molecular complexity index is 1160. The third-order valence-corrected chi connectivity index (χ3v) is 4.90. The van der Waals surface area contributed by atoms with Gasteiger partial charge in [0.15, 0.2) is 11.6 Å². The van der Waals surface area contributed by atoms with Crippen LogP contribution in [0.1, 0.15) is 36.9 Å². The van der Waals surface area contributed by atoms with Crippen molar-refractivity contribution < 1.29 is 13.3 Å². The van der Waals surface area contributed by atoms with Gasteiger partial charge in [-0.2, -0.15) is 4.98 Å². The summed E-state index contributed by atoms with van der Waals surface area (Å²) in [5.41, 5.74) is 0.0815. The van der Waals surface area contributed by atoms with Crippen molar-refractivity contribution in [1.29, 1.82) is 0 Å². The molecule has 1 aliphatic rings. The fraction of sp³-hybridized carbons (Fsp3) is 0.368. The fourth-order valence-electron chi connectivity index (χ4n) is 3.48. The number of benzene rings is 1. The maximum absolute atomic E-state index is 13.6. The van der Waals surface area contributed by atoms with Gasteiger partial charge in [0.05, 0.1) is 6.54 Å². The molecule has 3 aromatic rings. The third-order valence-electron chi connectivity index (χ3n) is 4.90. The molecule has 0 spiro atoms. The zero-order valence-corrected chi connectivity index (χ0v) is 15.2. The molecule has 0 fully saturated rings. The Balaban J connectivity index is 1.91. The molecule has 28 heavy (non-hydrogen) atoms. The zero-order valence-electron chi connectivity index (χ0n) is 15.2. The fourth-order valence-corrected chi connectivity index (χ4v) is 3.48. The van der Waals surface area contributed by atoms with Crippen molar-refractivity contribution in [2.45, 2.75) is 45.7 Å². The molecule has 4 rings (SSSR count). The molecule has 0 amide bonds. The second kappa shape index (κ2) is 7.14. The molecule has 0 N–H and O–H groups in total. The highest BCUT2D eigenvalue weighted by molar-refractivity contribution is 5.56. The van der Waals surface area contributed by atoms with Crippen LogP contribution in [-0.4, -0.2) is 19.3 Å². The Morgan fingerprint density at radius 3 is 2.71 bits per heavy atom. The maximum Gasteiger partial charge on any atom is 0.331 e. The van der Waals surface area contributed by atoms with Crippen LogP contribution in [0.2, 0.25) is 0 Å². The van der Waals surface area contributed by atoms with Crippen LogP contribution in [0.15, 0.2) is 32.3 Å². The molecule has 9 heteroatoms. The number of halogens is 2. The number of fused-ring (bicyclic) bond motifs is 1. The number of rotatable bonds is 4. The molecule has 0 saturated heterocycles. The van der Waals surface area contributed by atoms with Gasteiger partial charge < -0.3 is 4.52 Å². The van der Waals surface area contributed by atoms with E-state index in [2.05, 4.69) is 10.1 Å². The molecule has 3 heterocycles. The van der Waals surface area contributed by atoms with E-state index in [9.17, 15) is 18.4 Å². The van der Waals surface area contributed by atoms with Gasteiger partial charge in [0.25, 0.3) is 5.56 Å². The van der Waals surface area contributed by atoms with E-state index in [0.29, 0.717) is 36.5 Å². The first-order chi connectivity index (χ1) is 13.5. The molecular weight excluding hydrogens is 370 g/mol. The van der Waals surface area contributed by atoms with Gasteiger partial charge in [-0.25, -0.2) is 13.6 Å². The minimum atomic E-state index is -1.03. The van der Waals surface area contributed by atoms with Gasteiger partial charge in [-0.15, -0.1) is 0 Å². The Labute approximate surface area is 158 Å². The van der Waals surface area contributed by atoms with Crippen LogP contribution < -0.4 is 11.2 Å². The second-order valence-corrected chi connectivity index (χ2v) is 6.72. The van der Waals surface area contributed by atoms with Crippen molar-refractivity contribution in [3.63, 3.8) is 0 Å². The average molecular weight is 388 g/mol. The molecule has 0 saturated carbocycles. The summed E-state index contributed by atoms with van der Waals surface area (Å²) in [6, 6.07) is 3.30. The lowest BCUT2D eigenvalue weighted by Gasteiger charge is -2.21. The van der Waals surface area contributed by atoms with Crippen LogP contribution in [0.4, 0.5) is 8.78 Å². The topological polar surface area (TPSA) is 82.9 Å². The largest absolute Gasteiger partial charge is 0.339 e. The van der Waals surface area contributed by atoms with E-state index < -0.39 is 22.9 Å². The van der Waals surface area contributed by atoms with Crippen molar-refractivity contribution in [3.8, 4) is 11.4 Å². The minimum absolute atomic E-state index is 0.145. The van der Waals surface area contributed by atoms with Crippen molar-refractivity contribution in [2.24, 2.45) is 0 Å². The highest BCUT2D eigenvalue weighted by atomic mass is 19.2. The van der Waals surface area contributed by atoms with Crippen LogP contribution in [0.3, 0.4) is 0 Å². The number of aryl methyl sites for hydroxylation is 1. The van der Waals surface area contributed by atoms with E-state index >= 15 is 0 Å². The Morgan fingerprint density at radius 1 is 1.18 bits per heavy atom. The standard InChI is InChI=1S/C19H18F2N4O3/c1-2-15-22-17(23-28-15)16-14-5-3-4-8-24(14)19(27)25(18(16)26)10-11-6-7-12(20)13(21)9-11/h6-7,9H,2-5,8,10H2,1H3. The average Bonchev–Trinajstić information content (AvgIpc) is 3.17. The van der Waals surface area contributed by atoms with Crippen molar-refractivity contribution in [1.82, 2.24) is 19.3 Å². The smallest absolute Gasteiger partial charge is 0.331 e. The quantitative estimate of drug-likeness (QED) is 0.685. The summed E-state index contributed by atoms with van der Waals surface area (Å²) in [5, 5.41) is 3.91. The molecule has 2 aromatic heterocycles. The molecule has 1 aromatic carbocycles. The Morgan fingerprint density at radius 2 is 2.00 bits per heavy atom. The molecule has 7 nitrogen and oxygen atoms in total. The van der Waals surface area contributed by atoms with Crippen molar-refractivity contribution in [3.05, 3.63) is 67.8 Å². The van der Waals surface area contributed by atoms with Crippen LogP contribution in [0.5, 0.6) is 0 Å². The normalized spacial score (nSPS) is 13.5. The summed E-state index contributed by atoms with van der Waals surface area (Å²) in [6.07, 6.45) is 2.73. The van der Waals surface area contributed by atoms with Crippen molar-refractivity contribution >= 4 is 0 Å². The van der Waals surface area contributed by atoms with E-state index in [1.54, 1.807) is 4.57 Å². The van der Waals surface area contributed by atoms with Gasteiger partial charge in [0.1, 0.15) is 5.56 Å². The maximum atomic E-state index is 13.6. The molecular formula is C19H18F2N4O3. The number of nitrogens with zero attached hydrogens (tertiary/aromatic N) is 4. The first-order valence-corrected chi connectivity index (χ1v) is 9.13. The number of hydrogen-bond acceptors (Lipinski definition) is 5. The molecule has 0 radical (unpaired) electrons. The van der Waals surface area contributed by atoms with Gasteiger partial charge in [-0.1, -0.05) is 18.1 Å². The first-order valence-electron chi connectivity index (χ1n) is 9.13. The van der Waals surface area contributed by atoms with Crippen LogP contribution in [0, 0.1) is 11.6 Å². The lowest BCUT2D eigenvalue weighted by atomic mass is 10.0. The Hall–Kier alpha value is -3.10. The molecule has 0 unspecified atom stereocenters. The molecule has 0 atom stereocenters. The van der Waals surface area contributed by atoms with E-state index in [-0.39, 0.29) is 17.9 Å². The molecule has 146 valence electrons. The summed E-state index contributed by atoms with van der Waals surface area (Å²) in [4.78, 5) is 30.4. The van der Waals surface area contributed by atoms with E-state index in [4.69, 9.17) is 4.52 Å². The van der Waals surface area contributed by atoms with Gasteiger partial charge in [-0.05, 0) is 37.0 Å². The van der Waals surface area contributed by atoms with Gasteiger partial charge in [-0.3, -0.25) is 13.9 Å². The minimum Gasteiger partial charge on any atom is -0.339 e.